The normalized spacial score (nSPS) is 15.2. The Morgan fingerprint density at radius 3 is 2.24 bits per heavy atom. The molecule has 1 aromatic heterocycles. The second-order valence-corrected chi connectivity index (χ2v) is 8.13. The first-order valence-corrected chi connectivity index (χ1v) is 11.7. The summed E-state index contributed by atoms with van der Waals surface area (Å²) in [5.41, 5.74) is 0.986. The molecular weight excluding hydrogens is 448 g/mol. The van der Waals surface area contributed by atoms with Crippen LogP contribution in [0.4, 0.5) is 5.95 Å². The highest BCUT2D eigenvalue weighted by Crippen LogP contribution is 2.37. The molecule has 0 spiro atoms. The van der Waals surface area contributed by atoms with Crippen molar-refractivity contribution in [3.05, 3.63) is 35.1 Å². The van der Waals surface area contributed by atoms with Crippen molar-refractivity contribution in [1.82, 2.24) is 15.3 Å². The fraction of sp³-hybridized carbons (Fsp3) is 0.565. The molecule has 182 valence electrons. The van der Waals surface area contributed by atoms with Crippen molar-refractivity contribution < 1.29 is 24.4 Å². The topological polar surface area (TPSA) is 109 Å². The number of nitrogens with one attached hydrogen (secondary N) is 1. The van der Waals surface area contributed by atoms with Crippen LogP contribution in [0.5, 0.6) is 17.2 Å². The van der Waals surface area contributed by atoms with E-state index in [1.165, 1.54) is 0 Å². The highest BCUT2D eigenvalue weighted by Gasteiger charge is 2.25. The molecule has 0 bridgehead atoms. The first kappa shape index (κ1) is 25.3. The molecule has 2 heterocycles. The fourth-order valence-electron chi connectivity index (χ4n) is 3.69. The largest absolute Gasteiger partial charge is 0.492 e. The minimum absolute atomic E-state index is 0.0254. The van der Waals surface area contributed by atoms with Crippen molar-refractivity contribution in [2.24, 2.45) is 0 Å². The maximum atomic E-state index is 9.48. The van der Waals surface area contributed by atoms with Crippen LogP contribution < -0.4 is 24.4 Å². The van der Waals surface area contributed by atoms with Gasteiger partial charge in [0, 0.05) is 12.6 Å². The Bertz CT molecular complexity index is 837. The number of benzene rings is 1. The van der Waals surface area contributed by atoms with Crippen LogP contribution in [0.2, 0.25) is 5.02 Å². The molecule has 0 aliphatic carbocycles. The van der Waals surface area contributed by atoms with E-state index in [4.69, 9.17) is 30.9 Å². The molecule has 1 unspecified atom stereocenters. The predicted molar refractivity (Wildman–Crippen MR) is 126 cm³/mol. The molecular formula is C23H33ClN4O5. The number of aliphatic hydroxyl groups excluding tert-OH is 2. The summed E-state index contributed by atoms with van der Waals surface area (Å²) >= 11 is 6.48. The fourth-order valence-corrected chi connectivity index (χ4v) is 3.91. The minimum Gasteiger partial charge on any atom is -0.492 e. The van der Waals surface area contributed by atoms with Crippen molar-refractivity contribution in [3.8, 4) is 17.2 Å². The summed E-state index contributed by atoms with van der Waals surface area (Å²) < 4.78 is 16.9. The molecule has 3 rings (SSSR count). The standard InChI is InChI=1S/C23H33ClN4O5/c1-3-31-20-9-16(10-21(22(20)24)32-4-2)13-28(17-5-7-25-8-6-17)23-26-11-19(12-27-23)33-15-18(30)14-29/h9-12,17-18,25,29-30H,3-8,13-15H2,1-2H3. The van der Waals surface area contributed by atoms with Gasteiger partial charge in [0.25, 0.3) is 0 Å². The zero-order valence-electron chi connectivity index (χ0n) is 19.2. The average molecular weight is 481 g/mol. The van der Waals surface area contributed by atoms with Crippen LogP contribution in [0.1, 0.15) is 32.3 Å². The summed E-state index contributed by atoms with van der Waals surface area (Å²) in [5.74, 6) is 2.21. The second-order valence-electron chi connectivity index (χ2n) is 7.75. The van der Waals surface area contributed by atoms with E-state index in [-0.39, 0.29) is 19.3 Å². The number of aromatic nitrogens is 2. The Balaban J connectivity index is 1.86. The molecule has 33 heavy (non-hydrogen) atoms. The molecule has 3 N–H and O–H groups in total. The van der Waals surface area contributed by atoms with E-state index in [9.17, 15) is 5.11 Å². The Morgan fingerprint density at radius 1 is 1.09 bits per heavy atom. The molecule has 10 heteroatoms. The third-order valence-corrected chi connectivity index (χ3v) is 5.66. The third-order valence-electron chi connectivity index (χ3n) is 5.29. The van der Waals surface area contributed by atoms with Gasteiger partial charge in [0.05, 0.1) is 32.2 Å². The van der Waals surface area contributed by atoms with Crippen molar-refractivity contribution in [2.75, 3.05) is 44.4 Å². The summed E-state index contributed by atoms with van der Waals surface area (Å²) in [6.45, 7) is 6.87. The molecule has 9 nitrogen and oxygen atoms in total. The first-order valence-electron chi connectivity index (χ1n) is 11.3. The van der Waals surface area contributed by atoms with Crippen molar-refractivity contribution in [2.45, 2.75) is 45.4 Å². The molecule has 0 amide bonds. The van der Waals surface area contributed by atoms with Gasteiger partial charge < -0.3 is 34.6 Å². The Hall–Kier alpha value is -2.33. The van der Waals surface area contributed by atoms with Gasteiger partial charge >= 0.3 is 0 Å². The van der Waals surface area contributed by atoms with Gasteiger partial charge in [-0.25, -0.2) is 9.97 Å². The lowest BCUT2D eigenvalue weighted by Gasteiger charge is -2.35. The van der Waals surface area contributed by atoms with Crippen molar-refractivity contribution >= 4 is 17.5 Å². The van der Waals surface area contributed by atoms with Gasteiger partial charge in [-0.3, -0.25) is 0 Å². The van der Waals surface area contributed by atoms with Crippen LogP contribution in [0.3, 0.4) is 0 Å². The summed E-state index contributed by atoms with van der Waals surface area (Å²) in [5, 5.41) is 22.3. The first-order chi connectivity index (χ1) is 16.0. The van der Waals surface area contributed by atoms with Crippen molar-refractivity contribution in [3.63, 3.8) is 0 Å². The van der Waals surface area contributed by atoms with Crippen molar-refractivity contribution in [1.29, 1.82) is 0 Å². The Labute approximate surface area is 199 Å². The van der Waals surface area contributed by atoms with Gasteiger partial charge in [-0.05, 0) is 57.5 Å². The molecule has 1 aliphatic rings. The monoisotopic (exact) mass is 480 g/mol. The molecule has 1 aromatic carbocycles. The highest BCUT2D eigenvalue weighted by atomic mass is 35.5. The lowest BCUT2D eigenvalue weighted by molar-refractivity contribution is 0.0534. The Kier molecular flexibility index (Phi) is 9.80. The molecule has 1 saturated heterocycles. The van der Waals surface area contributed by atoms with Crippen LogP contribution >= 0.6 is 11.6 Å². The van der Waals surface area contributed by atoms with Gasteiger partial charge in [0.2, 0.25) is 5.95 Å². The van der Waals surface area contributed by atoms with Gasteiger partial charge in [-0.2, -0.15) is 0 Å². The van der Waals surface area contributed by atoms with Gasteiger partial charge in [0.15, 0.2) is 5.75 Å². The van der Waals surface area contributed by atoms with E-state index in [0.717, 1.165) is 31.5 Å². The molecule has 2 aromatic rings. The summed E-state index contributed by atoms with van der Waals surface area (Å²) in [7, 11) is 0. The lowest BCUT2D eigenvalue weighted by atomic mass is 10.0. The minimum atomic E-state index is -0.945. The van der Waals surface area contributed by atoms with Gasteiger partial charge in [0.1, 0.15) is 29.2 Å². The lowest BCUT2D eigenvalue weighted by Crippen LogP contribution is -2.43. The van der Waals surface area contributed by atoms with Crippen LogP contribution in [0, 0.1) is 0 Å². The Morgan fingerprint density at radius 2 is 1.70 bits per heavy atom. The van der Waals surface area contributed by atoms with Crippen LogP contribution in [0.15, 0.2) is 24.5 Å². The van der Waals surface area contributed by atoms with Crippen LogP contribution in [-0.4, -0.2) is 71.8 Å². The number of aliphatic hydroxyl groups is 2. The average Bonchev–Trinajstić information content (AvgIpc) is 2.85. The van der Waals surface area contributed by atoms with E-state index in [1.54, 1.807) is 12.4 Å². The zero-order valence-corrected chi connectivity index (χ0v) is 19.9. The highest BCUT2D eigenvalue weighted by molar-refractivity contribution is 6.33. The second kappa shape index (κ2) is 12.8. The molecule has 0 radical (unpaired) electrons. The number of nitrogens with zero attached hydrogens (tertiary/aromatic N) is 3. The quantitative estimate of drug-likeness (QED) is 0.422. The number of ether oxygens (including phenoxy) is 3. The maximum absolute atomic E-state index is 9.48. The summed E-state index contributed by atoms with van der Waals surface area (Å²) in [4.78, 5) is 11.2. The summed E-state index contributed by atoms with van der Waals surface area (Å²) in [6.07, 6.45) is 4.15. The van der Waals surface area contributed by atoms with E-state index in [0.29, 0.717) is 48.0 Å². The van der Waals surface area contributed by atoms with E-state index < -0.39 is 6.10 Å². The van der Waals surface area contributed by atoms with Crippen LogP contribution in [-0.2, 0) is 6.54 Å². The number of hydrogen-bond donors (Lipinski definition) is 3. The smallest absolute Gasteiger partial charge is 0.226 e. The summed E-state index contributed by atoms with van der Waals surface area (Å²) in [6, 6.07) is 4.14. The number of rotatable bonds is 12. The third kappa shape index (κ3) is 7.07. The van der Waals surface area contributed by atoms with E-state index in [2.05, 4.69) is 20.2 Å². The number of hydrogen-bond acceptors (Lipinski definition) is 9. The SMILES string of the molecule is CCOc1cc(CN(c2ncc(OCC(O)CO)cn2)C2CCNCC2)cc(OCC)c1Cl. The van der Waals surface area contributed by atoms with E-state index >= 15 is 0 Å². The number of halogens is 1. The van der Waals surface area contributed by atoms with Crippen LogP contribution in [0.25, 0.3) is 0 Å². The molecule has 1 aliphatic heterocycles. The maximum Gasteiger partial charge on any atom is 0.226 e. The van der Waals surface area contributed by atoms with Gasteiger partial charge in [-0.1, -0.05) is 11.6 Å². The molecule has 0 saturated carbocycles. The molecule has 1 fully saturated rings. The number of piperidine rings is 1. The van der Waals surface area contributed by atoms with E-state index in [1.807, 2.05) is 26.0 Å². The molecule has 1 atom stereocenters. The van der Waals surface area contributed by atoms with Gasteiger partial charge in [-0.15, -0.1) is 0 Å². The predicted octanol–water partition coefficient (Wildman–Crippen LogP) is 2.42. The number of anilines is 1. The zero-order chi connectivity index (χ0) is 23.6.